The van der Waals surface area contributed by atoms with E-state index in [4.69, 9.17) is 10.5 Å². The fraction of sp³-hybridized carbons (Fsp3) is 0.625. The van der Waals surface area contributed by atoms with Crippen molar-refractivity contribution in [2.75, 3.05) is 33.4 Å². The molecule has 0 aromatic heterocycles. The lowest BCUT2D eigenvalue weighted by Gasteiger charge is -2.33. The van der Waals surface area contributed by atoms with Gasteiger partial charge in [0.15, 0.2) is 0 Å². The van der Waals surface area contributed by atoms with Gasteiger partial charge >= 0.3 is 0 Å². The zero-order valence-electron chi connectivity index (χ0n) is 12.2. The molecule has 1 aliphatic rings. The fourth-order valence-electron chi connectivity index (χ4n) is 2.92. The molecule has 0 amide bonds. The summed E-state index contributed by atoms with van der Waals surface area (Å²) in [6.45, 7) is 4.10. The number of halogens is 1. The summed E-state index contributed by atoms with van der Waals surface area (Å²) < 4.78 is 18.1. The average molecular weight is 280 g/mol. The molecule has 3 nitrogen and oxygen atoms in total. The Labute approximate surface area is 120 Å². The number of likely N-dealkylation sites (tertiary alicyclic amines) is 1. The lowest BCUT2D eigenvalue weighted by atomic mass is 9.98. The van der Waals surface area contributed by atoms with E-state index in [2.05, 4.69) is 4.90 Å². The molecule has 4 heteroatoms. The Bertz CT molecular complexity index is 394. The van der Waals surface area contributed by atoms with Crippen LogP contribution in [-0.2, 0) is 4.74 Å². The van der Waals surface area contributed by atoms with Crippen LogP contribution in [-0.4, -0.2) is 38.3 Å². The van der Waals surface area contributed by atoms with E-state index < -0.39 is 0 Å². The van der Waals surface area contributed by atoms with E-state index in [-0.39, 0.29) is 11.9 Å². The van der Waals surface area contributed by atoms with Gasteiger partial charge in [0.25, 0.3) is 0 Å². The van der Waals surface area contributed by atoms with Crippen LogP contribution >= 0.6 is 0 Å². The van der Waals surface area contributed by atoms with Gasteiger partial charge in [0.05, 0.1) is 6.61 Å². The molecule has 1 fully saturated rings. The van der Waals surface area contributed by atoms with Crippen LogP contribution in [0.1, 0.15) is 30.9 Å². The van der Waals surface area contributed by atoms with Crippen LogP contribution in [0, 0.1) is 11.7 Å². The number of ether oxygens (including phenoxy) is 1. The summed E-state index contributed by atoms with van der Waals surface area (Å²) in [7, 11) is 1.77. The second-order valence-electron chi connectivity index (χ2n) is 5.71. The van der Waals surface area contributed by atoms with Crippen LogP contribution in [0.25, 0.3) is 0 Å². The second-order valence-corrected chi connectivity index (χ2v) is 5.71. The molecule has 1 aliphatic heterocycles. The lowest BCUT2D eigenvalue weighted by molar-refractivity contribution is 0.0892. The highest BCUT2D eigenvalue weighted by Gasteiger charge is 2.20. The van der Waals surface area contributed by atoms with Gasteiger partial charge in [0.2, 0.25) is 0 Å². The summed E-state index contributed by atoms with van der Waals surface area (Å²) >= 11 is 0. The quantitative estimate of drug-likeness (QED) is 0.870. The van der Waals surface area contributed by atoms with E-state index in [9.17, 15) is 4.39 Å². The van der Waals surface area contributed by atoms with Crippen molar-refractivity contribution in [1.82, 2.24) is 4.90 Å². The Balaban J connectivity index is 1.78. The third kappa shape index (κ3) is 4.54. The molecular weight excluding hydrogens is 255 g/mol. The maximum absolute atomic E-state index is 12.9. The Morgan fingerprint density at radius 2 is 2.15 bits per heavy atom. The highest BCUT2D eigenvalue weighted by molar-refractivity contribution is 5.19. The summed E-state index contributed by atoms with van der Waals surface area (Å²) in [6, 6.07) is 6.50. The Kier molecular flexibility index (Phi) is 5.95. The third-order valence-electron chi connectivity index (χ3n) is 4.06. The fourth-order valence-corrected chi connectivity index (χ4v) is 2.92. The van der Waals surface area contributed by atoms with E-state index in [1.807, 2.05) is 0 Å². The van der Waals surface area contributed by atoms with Crippen LogP contribution in [0.2, 0.25) is 0 Å². The Morgan fingerprint density at radius 3 is 2.85 bits per heavy atom. The first-order chi connectivity index (χ1) is 9.69. The number of rotatable bonds is 6. The van der Waals surface area contributed by atoms with Gasteiger partial charge in [-0.25, -0.2) is 4.39 Å². The number of nitrogens with zero attached hydrogens (tertiary/aromatic N) is 1. The average Bonchev–Trinajstić information content (AvgIpc) is 2.46. The molecule has 2 unspecified atom stereocenters. The van der Waals surface area contributed by atoms with Crippen molar-refractivity contribution in [2.45, 2.75) is 25.3 Å². The SMILES string of the molecule is COCC1CCCN(CCC(N)c2ccc(F)cc2)C1. The lowest BCUT2D eigenvalue weighted by Crippen LogP contribution is -2.38. The number of benzene rings is 1. The normalized spacial score (nSPS) is 21.9. The first-order valence-electron chi connectivity index (χ1n) is 7.41. The summed E-state index contributed by atoms with van der Waals surface area (Å²) in [4.78, 5) is 2.47. The molecule has 0 saturated carbocycles. The van der Waals surface area contributed by atoms with E-state index in [1.165, 1.54) is 25.0 Å². The van der Waals surface area contributed by atoms with E-state index in [0.717, 1.165) is 38.2 Å². The second kappa shape index (κ2) is 7.72. The zero-order valence-corrected chi connectivity index (χ0v) is 12.2. The van der Waals surface area contributed by atoms with Gasteiger partial charge in [-0.05, 0) is 56.0 Å². The number of piperidine rings is 1. The molecule has 0 bridgehead atoms. The van der Waals surface area contributed by atoms with Crippen molar-refractivity contribution in [3.63, 3.8) is 0 Å². The maximum Gasteiger partial charge on any atom is 0.123 e. The van der Waals surface area contributed by atoms with Crippen molar-refractivity contribution in [3.8, 4) is 0 Å². The van der Waals surface area contributed by atoms with Crippen LogP contribution < -0.4 is 5.73 Å². The van der Waals surface area contributed by atoms with Crippen molar-refractivity contribution in [2.24, 2.45) is 11.7 Å². The van der Waals surface area contributed by atoms with Crippen molar-refractivity contribution < 1.29 is 9.13 Å². The molecule has 20 heavy (non-hydrogen) atoms. The van der Waals surface area contributed by atoms with E-state index in [1.54, 1.807) is 19.2 Å². The molecule has 0 aliphatic carbocycles. The molecule has 1 aromatic rings. The third-order valence-corrected chi connectivity index (χ3v) is 4.06. The molecule has 1 aromatic carbocycles. The number of methoxy groups -OCH3 is 1. The Hall–Kier alpha value is -0.970. The van der Waals surface area contributed by atoms with E-state index >= 15 is 0 Å². The number of hydrogen-bond acceptors (Lipinski definition) is 3. The van der Waals surface area contributed by atoms with Gasteiger partial charge in [0.1, 0.15) is 5.82 Å². The zero-order chi connectivity index (χ0) is 14.4. The predicted molar refractivity (Wildman–Crippen MR) is 79.0 cm³/mol. The summed E-state index contributed by atoms with van der Waals surface area (Å²) in [6.07, 6.45) is 3.40. The van der Waals surface area contributed by atoms with Crippen LogP contribution in [0.5, 0.6) is 0 Å². The summed E-state index contributed by atoms with van der Waals surface area (Å²) in [5.74, 6) is 0.440. The number of hydrogen-bond donors (Lipinski definition) is 1. The highest BCUT2D eigenvalue weighted by atomic mass is 19.1. The van der Waals surface area contributed by atoms with Crippen LogP contribution in [0.15, 0.2) is 24.3 Å². The first-order valence-corrected chi connectivity index (χ1v) is 7.41. The molecule has 2 N–H and O–H groups in total. The molecule has 112 valence electrons. The van der Waals surface area contributed by atoms with E-state index in [0.29, 0.717) is 5.92 Å². The minimum atomic E-state index is -0.209. The molecule has 0 radical (unpaired) electrons. The largest absolute Gasteiger partial charge is 0.384 e. The maximum atomic E-state index is 12.9. The predicted octanol–water partition coefficient (Wildman–Crippen LogP) is 2.57. The smallest absolute Gasteiger partial charge is 0.123 e. The van der Waals surface area contributed by atoms with Gasteiger partial charge < -0.3 is 15.4 Å². The monoisotopic (exact) mass is 280 g/mol. The van der Waals surface area contributed by atoms with Gasteiger partial charge in [-0.1, -0.05) is 12.1 Å². The van der Waals surface area contributed by atoms with Crippen molar-refractivity contribution >= 4 is 0 Å². The topological polar surface area (TPSA) is 38.5 Å². The molecule has 2 rings (SSSR count). The number of nitrogens with two attached hydrogens (primary N) is 1. The van der Waals surface area contributed by atoms with Gasteiger partial charge in [-0.3, -0.25) is 0 Å². The van der Waals surface area contributed by atoms with Crippen molar-refractivity contribution in [1.29, 1.82) is 0 Å². The van der Waals surface area contributed by atoms with Gasteiger partial charge in [-0.15, -0.1) is 0 Å². The van der Waals surface area contributed by atoms with Crippen molar-refractivity contribution in [3.05, 3.63) is 35.6 Å². The van der Waals surface area contributed by atoms with Gasteiger partial charge in [-0.2, -0.15) is 0 Å². The summed E-state index contributed by atoms with van der Waals surface area (Å²) in [5, 5.41) is 0. The molecule has 1 saturated heterocycles. The Morgan fingerprint density at radius 1 is 1.40 bits per heavy atom. The molecule has 0 spiro atoms. The van der Waals surface area contributed by atoms with Crippen LogP contribution in [0.4, 0.5) is 4.39 Å². The van der Waals surface area contributed by atoms with Gasteiger partial charge in [0, 0.05) is 19.7 Å². The highest BCUT2D eigenvalue weighted by Crippen LogP contribution is 2.19. The standard InChI is InChI=1S/C16H25FN2O/c1-20-12-13-3-2-9-19(11-13)10-8-16(18)14-4-6-15(17)7-5-14/h4-7,13,16H,2-3,8-12,18H2,1H3. The minimum Gasteiger partial charge on any atom is -0.384 e. The molecule has 1 heterocycles. The first kappa shape index (κ1) is 15.4. The van der Waals surface area contributed by atoms with Crippen LogP contribution in [0.3, 0.4) is 0 Å². The molecule has 2 atom stereocenters. The minimum absolute atomic E-state index is 0.0154. The molecular formula is C16H25FN2O. The summed E-state index contributed by atoms with van der Waals surface area (Å²) in [5.41, 5.74) is 7.19.